The molecule has 2 N–H and O–H groups in total. The minimum absolute atomic E-state index is 0.802. The number of aryl methyl sites for hydroxylation is 2. The molecule has 2 rings (SSSR count). The van der Waals surface area contributed by atoms with Crippen LogP contribution < -0.4 is 5.32 Å². The van der Waals surface area contributed by atoms with Crippen LogP contribution in [-0.4, -0.2) is 20.0 Å². The SMILES string of the molecule is CCn1cc(CNCc2ccn[nH]2)c(C)n1. The second kappa shape index (κ2) is 4.94. The van der Waals surface area contributed by atoms with Gasteiger partial charge in [0.05, 0.1) is 5.69 Å². The zero-order valence-electron chi connectivity index (χ0n) is 9.70. The number of nitrogens with zero attached hydrogens (tertiary/aromatic N) is 3. The molecule has 5 heteroatoms. The highest BCUT2D eigenvalue weighted by molar-refractivity contribution is 5.15. The Bertz CT molecular complexity index is 429. The molecule has 0 fully saturated rings. The van der Waals surface area contributed by atoms with Crippen LogP contribution in [0, 0.1) is 6.92 Å². The molecule has 2 aromatic rings. The molecule has 0 bridgehead atoms. The highest BCUT2D eigenvalue weighted by Crippen LogP contribution is 2.05. The topological polar surface area (TPSA) is 58.5 Å². The molecule has 2 heterocycles. The van der Waals surface area contributed by atoms with Gasteiger partial charge in [-0.1, -0.05) is 0 Å². The van der Waals surface area contributed by atoms with E-state index in [1.54, 1.807) is 6.20 Å². The van der Waals surface area contributed by atoms with Crippen LogP contribution in [0.1, 0.15) is 23.9 Å². The molecule has 0 radical (unpaired) electrons. The van der Waals surface area contributed by atoms with Crippen LogP contribution in [0.3, 0.4) is 0 Å². The van der Waals surface area contributed by atoms with Crippen LogP contribution in [-0.2, 0) is 19.6 Å². The van der Waals surface area contributed by atoms with Crippen LogP contribution in [0.2, 0.25) is 0 Å². The Morgan fingerprint density at radius 3 is 2.94 bits per heavy atom. The van der Waals surface area contributed by atoms with Crippen LogP contribution in [0.25, 0.3) is 0 Å². The summed E-state index contributed by atoms with van der Waals surface area (Å²) in [6, 6.07) is 1.97. The van der Waals surface area contributed by atoms with Crippen molar-refractivity contribution in [3.05, 3.63) is 35.4 Å². The summed E-state index contributed by atoms with van der Waals surface area (Å²) in [5.74, 6) is 0. The maximum Gasteiger partial charge on any atom is 0.0638 e. The Morgan fingerprint density at radius 1 is 1.44 bits per heavy atom. The predicted octanol–water partition coefficient (Wildman–Crippen LogP) is 1.22. The highest BCUT2D eigenvalue weighted by atomic mass is 15.3. The van der Waals surface area contributed by atoms with E-state index in [9.17, 15) is 0 Å². The largest absolute Gasteiger partial charge is 0.307 e. The molecule has 0 amide bonds. The van der Waals surface area contributed by atoms with Gasteiger partial charge in [-0.05, 0) is 19.9 Å². The number of aromatic nitrogens is 4. The second-order valence-electron chi connectivity index (χ2n) is 3.78. The number of aromatic amines is 1. The van der Waals surface area contributed by atoms with Crippen LogP contribution in [0.5, 0.6) is 0 Å². The molecule has 0 aliphatic carbocycles. The van der Waals surface area contributed by atoms with E-state index in [0.29, 0.717) is 0 Å². The molecule has 0 atom stereocenters. The third-order valence-electron chi connectivity index (χ3n) is 2.56. The molecular weight excluding hydrogens is 202 g/mol. The Hall–Kier alpha value is -1.62. The third-order valence-corrected chi connectivity index (χ3v) is 2.56. The lowest BCUT2D eigenvalue weighted by molar-refractivity contribution is 0.651. The lowest BCUT2D eigenvalue weighted by atomic mass is 10.2. The molecule has 0 aromatic carbocycles. The number of rotatable bonds is 5. The lowest BCUT2D eigenvalue weighted by Gasteiger charge is -2.01. The molecule has 0 aliphatic rings. The van der Waals surface area contributed by atoms with Crippen molar-refractivity contribution in [3.63, 3.8) is 0 Å². The number of hydrogen-bond donors (Lipinski definition) is 2. The van der Waals surface area contributed by atoms with Crippen molar-refractivity contribution in [1.82, 2.24) is 25.3 Å². The van der Waals surface area contributed by atoms with Crippen molar-refractivity contribution in [3.8, 4) is 0 Å². The van der Waals surface area contributed by atoms with Crippen molar-refractivity contribution < 1.29 is 0 Å². The number of hydrogen-bond acceptors (Lipinski definition) is 3. The first-order chi connectivity index (χ1) is 7.79. The van der Waals surface area contributed by atoms with Gasteiger partial charge in [0.1, 0.15) is 0 Å². The van der Waals surface area contributed by atoms with Gasteiger partial charge in [0, 0.05) is 43.3 Å². The van der Waals surface area contributed by atoms with E-state index in [2.05, 4.69) is 33.7 Å². The molecule has 0 saturated heterocycles. The van der Waals surface area contributed by atoms with Gasteiger partial charge in [-0.25, -0.2) is 0 Å². The van der Waals surface area contributed by atoms with Gasteiger partial charge < -0.3 is 5.32 Å². The fraction of sp³-hybridized carbons (Fsp3) is 0.455. The number of nitrogens with one attached hydrogen (secondary N) is 2. The van der Waals surface area contributed by atoms with E-state index in [4.69, 9.17) is 0 Å². The first-order valence-electron chi connectivity index (χ1n) is 5.51. The molecule has 16 heavy (non-hydrogen) atoms. The van der Waals surface area contributed by atoms with E-state index < -0.39 is 0 Å². The molecule has 0 spiro atoms. The minimum Gasteiger partial charge on any atom is -0.307 e. The normalized spacial score (nSPS) is 10.9. The summed E-state index contributed by atoms with van der Waals surface area (Å²) in [4.78, 5) is 0. The second-order valence-corrected chi connectivity index (χ2v) is 3.78. The van der Waals surface area contributed by atoms with E-state index in [1.165, 1.54) is 5.56 Å². The summed E-state index contributed by atoms with van der Waals surface area (Å²) in [6.07, 6.45) is 3.85. The zero-order valence-corrected chi connectivity index (χ0v) is 9.70. The molecule has 5 nitrogen and oxygen atoms in total. The summed E-state index contributed by atoms with van der Waals surface area (Å²) in [5, 5.41) is 14.6. The first-order valence-corrected chi connectivity index (χ1v) is 5.51. The van der Waals surface area contributed by atoms with Crippen LogP contribution in [0.4, 0.5) is 0 Å². The maximum atomic E-state index is 4.40. The van der Waals surface area contributed by atoms with Gasteiger partial charge in [-0.3, -0.25) is 9.78 Å². The van der Waals surface area contributed by atoms with Crippen molar-refractivity contribution in [2.24, 2.45) is 0 Å². The van der Waals surface area contributed by atoms with E-state index in [-0.39, 0.29) is 0 Å². The molecular formula is C11H17N5. The van der Waals surface area contributed by atoms with Gasteiger partial charge >= 0.3 is 0 Å². The maximum absolute atomic E-state index is 4.40. The summed E-state index contributed by atoms with van der Waals surface area (Å²) >= 11 is 0. The number of H-pyrrole nitrogens is 1. The van der Waals surface area contributed by atoms with Crippen molar-refractivity contribution in [2.75, 3.05) is 0 Å². The third kappa shape index (κ3) is 2.49. The van der Waals surface area contributed by atoms with Crippen LogP contribution in [0.15, 0.2) is 18.5 Å². The van der Waals surface area contributed by atoms with Gasteiger partial charge in [-0.2, -0.15) is 10.2 Å². The quantitative estimate of drug-likeness (QED) is 0.795. The summed E-state index contributed by atoms with van der Waals surface area (Å²) < 4.78 is 1.96. The standard InChI is InChI=1S/C11H17N5/c1-3-16-8-10(9(2)15-16)6-12-7-11-4-5-13-14-11/h4-5,8,12H,3,6-7H2,1-2H3,(H,13,14). The Balaban J connectivity index is 1.87. The highest BCUT2D eigenvalue weighted by Gasteiger charge is 2.03. The first kappa shape index (κ1) is 10.9. The van der Waals surface area contributed by atoms with Crippen LogP contribution >= 0.6 is 0 Å². The Morgan fingerprint density at radius 2 is 2.31 bits per heavy atom. The van der Waals surface area contributed by atoms with E-state index in [1.807, 2.05) is 17.7 Å². The molecule has 0 saturated carbocycles. The summed E-state index contributed by atoms with van der Waals surface area (Å²) in [5.41, 5.74) is 3.45. The van der Waals surface area contributed by atoms with E-state index >= 15 is 0 Å². The fourth-order valence-electron chi connectivity index (χ4n) is 1.61. The molecule has 0 unspecified atom stereocenters. The average molecular weight is 219 g/mol. The smallest absolute Gasteiger partial charge is 0.0638 e. The monoisotopic (exact) mass is 219 g/mol. The van der Waals surface area contributed by atoms with Crippen molar-refractivity contribution >= 4 is 0 Å². The fourth-order valence-corrected chi connectivity index (χ4v) is 1.61. The van der Waals surface area contributed by atoms with E-state index in [0.717, 1.165) is 31.0 Å². The van der Waals surface area contributed by atoms with Gasteiger partial charge in [0.2, 0.25) is 0 Å². The van der Waals surface area contributed by atoms with Crippen molar-refractivity contribution in [1.29, 1.82) is 0 Å². The molecule has 86 valence electrons. The molecule has 2 aromatic heterocycles. The lowest BCUT2D eigenvalue weighted by Crippen LogP contribution is -2.13. The van der Waals surface area contributed by atoms with Gasteiger partial charge in [0.15, 0.2) is 0 Å². The van der Waals surface area contributed by atoms with Gasteiger partial charge in [0.25, 0.3) is 0 Å². The zero-order chi connectivity index (χ0) is 11.4. The Kier molecular flexibility index (Phi) is 3.36. The predicted molar refractivity (Wildman–Crippen MR) is 61.8 cm³/mol. The Labute approximate surface area is 94.9 Å². The summed E-state index contributed by atoms with van der Waals surface area (Å²) in [7, 11) is 0. The minimum atomic E-state index is 0.802. The van der Waals surface area contributed by atoms with Crippen molar-refractivity contribution in [2.45, 2.75) is 33.5 Å². The van der Waals surface area contributed by atoms with Gasteiger partial charge in [-0.15, -0.1) is 0 Å². The average Bonchev–Trinajstić information content (AvgIpc) is 2.89. The summed E-state index contributed by atoms with van der Waals surface area (Å²) in [6.45, 7) is 6.69. The molecule has 0 aliphatic heterocycles.